The van der Waals surface area contributed by atoms with E-state index < -0.39 is 0 Å². The van der Waals surface area contributed by atoms with Crippen molar-refractivity contribution < 1.29 is 0 Å². The van der Waals surface area contributed by atoms with Gasteiger partial charge in [0.25, 0.3) is 0 Å². The molecule has 4 heteroatoms. The number of nitrogens with zero attached hydrogens (tertiary/aromatic N) is 1. The zero-order valence-electron chi connectivity index (χ0n) is 7.40. The molecule has 1 aliphatic heterocycles. The van der Waals surface area contributed by atoms with E-state index >= 15 is 0 Å². The average molecular weight is 213 g/mol. The van der Waals surface area contributed by atoms with Crippen molar-refractivity contribution in [1.29, 1.82) is 0 Å². The summed E-state index contributed by atoms with van der Waals surface area (Å²) >= 11 is 0. The van der Waals surface area contributed by atoms with E-state index in [-0.39, 0.29) is 24.8 Å². The SMILES string of the molecule is CN1C[C@H]2CC[C@@H](C1)C2N.Cl.Cl. The van der Waals surface area contributed by atoms with Gasteiger partial charge in [-0.2, -0.15) is 0 Å². The second kappa shape index (κ2) is 4.66. The molecule has 0 amide bonds. The van der Waals surface area contributed by atoms with Gasteiger partial charge in [0.15, 0.2) is 0 Å². The first-order valence-corrected chi connectivity index (χ1v) is 4.21. The van der Waals surface area contributed by atoms with Crippen LogP contribution in [-0.2, 0) is 0 Å². The minimum atomic E-state index is 0. The maximum atomic E-state index is 6.02. The zero-order valence-corrected chi connectivity index (χ0v) is 9.03. The first-order chi connectivity index (χ1) is 4.77. The molecule has 2 nitrogen and oxygen atoms in total. The van der Waals surface area contributed by atoms with Crippen LogP contribution in [0.5, 0.6) is 0 Å². The Labute approximate surface area is 86.7 Å². The fourth-order valence-electron chi connectivity index (χ4n) is 2.50. The molecule has 0 radical (unpaired) electrons. The van der Waals surface area contributed by atoms with Crippen molar-refractivity contribution in [3.05, 3.63) is 0 Å². The number of hydrogen-bond donors (Lipinski definition) is 1. The van der Waals surface area contributed by atoms with Crippen LogP contribution < -0.4 is 5.73 Å². The lowest BCUT2D eigenvalue weighted by molar-refractivity contribution is 0.177. The number of fused-ring (bicyclic) bond motifs is 2. The molecule has 2 aliphatic rings. The van der Waals surface area contributed by atoms with Gasteiger partial charge in [-0.1, -0.05) is 0 Å². The molecule has 0 aromatic rings. The van der Waals surface area contributed by atoms with Crippen molar-refractivity contribution in [2.45, 2.75) is 18.9 Å². The Morgan fingerprint density at radius 1 is 1.08 bits per heavy atom. The van der Waals surface area contributed by atoms with Crippen molar-refractivity contribution in [1.82, 2.24) is 4.90 Å². The molecule has 2 fully saturated rings. The quantitative estimate of drug-likeness (QED) is 0.653. The van der Waals surface area contributed by atoms with Crippen LogP contribution >= 0.6 is 24.8 Å². The Kier molecular flexibility index (Phi) is 4.85. The van der Waals surface area contributed by atoms with E-state index in [4.69, 9.17) is 5.73 Å². The second-order valence-electron chi connectivity index (χ2n) is 3.90. The molecule has 0 aromatic heterocycles. The molecule has 2 N–H and O–H groups in total. The Balaban J connectivity index is 0.000000605. The predicted molar refractivity (Wildman–Crippen MR) is 56.2 cm³/mol. The first kappa shape index (κ1) is 12.5. The highest BCUT2D eigenvalue weighted by molar-refractivity contribution is 5.85. The van der Waals surface area contributed by atoms with Crippen LogP contribution in [0.1, 0.15) is 12.8 Å². The fourth-order valence-corrected chi connectivity index (χ4v) is 2.50. The second-order valence-corrected chi connectivity index (χ2v) is 3.90. The third-order valence-corrected chi connectivity index (χ3v) is 3.09. The van der Waals surface area contributed by atoms with E-state index in [1.165, 1.54) is 25.9 Å². The lowest BCUT2D eigenvalue weighted by Gasteiger charge is -2.33. The van der Waals surface area contributed by atoms with Crippen molar-refractivity contribution >= 4 is 24.8 Å². The number of hydrogen-bond acceptors (Lipinski definition) is 2. The molecule has 1 aliphatic carbocycles. The largest absolute Gasteiger partial charge is 0.327 e. The van der Waals surface area contributed by atoms with Gasteiger partial charge < -0.3 is 10.6 Å². The molecule has 74 valence electrons. The van der Waals surface area contributed by atoms with Gasteiger partial charge >= 0.3 is 0 Å². The predicted octanol–water partition coefficient (Wildman–Crippen LogP) is 1.13. The summed E-state index contributed by atoms with van der Waals surface area (Å²) in [7, 11) is 2.21. The lowest BCUT2D eigenvalue weighted by Crippen LogP contribution is -2.47. The highest BCUT2D eigenvalue weighted by atomic mass is 35.5. The van der Waals surface area contributed by atoms with Gasteiger partial charge in [-0.15, -0.1) is 24.8 Å². The van der Waals surface area contributed by atoms with Crippen LogP contribution in [0.4, 0.5) is 0 Å². The molecular weight excluding hydrogens is 195 g/mol. The molecule has 1 saturated carbocycles. The van der Waals surface area contributed by atoms with Gasteiger partial charge in [-0.25, -0.2) is 0 Å². The minimum Gasteiger partial charge on any atom is -0.327 e. The normalized spacial score (nSPS) is 40.0. The van der Waals surface area contributed by atoms with E-state index in [1.807, 2.05) is 0 Å². The van der Waals surface area contributed by atoms with Crippen LogP contribution in [0.2, 0.25) is 0 Å². The van der Waals surface area contributed by atoms with Crippen molar-refractivity contribution in [2.24, 2.45) is 17.6 Å². The van der Waals surface area contributed by atoms with E-state index in [2.05, 4.69) is 11.9 Å². The van der Waals surface area contributed by atoms with E-state index in [1.54, 1.807) is 0 Å². The van der Waals surface area contributed by atoms with Crippen LogP contribution in [0.15, 0.2) is 0 Å². The summed E-state index contributed by atoms with van der Waals surface area (Å²) in [5.74, 6) is 1.62. The Bertz CT molecular complexity index is 129. The highest BCUT2D eigenvalue weighted by Crippen LogP contribution is 2.34. The molecule has 1 unspecified atom stereocenters. The minimum absolute atomic E-state index is 0. The van der Waals surface area contributed by atoms with Crippen LogP contribution in [-0.4, -0.2) is 31.1 Å². The number of nitrogens with two attached hydrogens (primary N) is 1. The molecule has 2 bridgehead atoms. The van der Waals surface area contributed by atoms with Crippen molar-refractivity contribution in [2.75, 3.05) is 20.1 Å². The average Bonchev–Trinajstić information content (AvgIpc) is 2.20. The topological polar surface area (TPSA) is 29.3 Å². The number of halogens is 2. The van der Waals surface area contributed by atoms with Crippen LogP contribution in [0.3, 0.4) is 0 Å². The summed E-state index contributed by atoms with van der Waals surface area (Å²) in [6, 6.07) is 0.524. The van der Waals surface area contributed by atoms with Gasteiger partial charge in [0.2, 0.25) is 0 Å². The molecule has 12 heavy (non-hydrogen) atoms. The number of rotatable bonds is 0. The van der Waals surface area contributed by atoms with E-state index in [0.717, 1.165) is 11.8 Å². The van der Waals surface area contributed by atoms with Crippen LogP contribution in [0, 0.1) is 11.8 Å². The standard InChI is InChI=1S/C8H16N2.2ClH/c1-10-4-6-2-3-7(5-10)8(6)9;;/h6-8H,2-5,9H2,1H3;2*1H/t6-,7+,8?;;. The first-order valence-electron chi connectivity index (χ1n) is 4.21. The van der Waals surface area contributed by atoms with Gasteiger partial charge in [0.1, 0.15) is 0 Å². The Morgan fingerprint density at radius 3 is 1.92 bits per heavy atom. The van der Waals surface area contributed by atoms with Gasteiger partial charge in [0, 0.05) is 19.1 Å². The van der Waals surface area contributed by atoms with Gasteiger partial charge in [-0.05, 0) is 31.7 Å². The van der Waals surface area contributed by atoms with E-state index in [9.17, 15) is 0 Å². The summed E-state index contributed by atoms with van der Waals surface area (Å²) in [6.45, 7) is 2.47. The third-order valence-electron chi connectivity index (χ3n) is 3.09. The summed E-state index contributed by atoms with van der Waals surface area (Å²) in [5, 5.41) is 0. The number of likely N-dealkylation sites (tertiary alicyclic amines) is 1. The summed E-state index contributed by atoms with van der Waals surface area (Å²) in [4.78, 5) is 2.42. The van der Waals surface area contributed by atoms with Gasteiger partial charge in [-0.3, -0.25) is 0 Å². The monoisotopic (exact) mass is 212 g/mol. The lowest BCUT2D eigenvalue weighted by atomic mass is 9.94. The molecule has 1 saturated heterocycles. The third kappa shape index (κ3) is 2.05. The number of piperidine rings is 1. The smallest absolute Gasteiger partial charge is 0.0120 e. The Morgan fingerprint density at radius 2 is 1.50 bits per heavy atom. The van der Waals surface area contributed by atoms with Crippen molar-refractivity contribution in [3.8, 4) is 0 Å². The summed E-state index contributed by atoms with van der Waals surface area (Å²) in [5.41, 5.74) is 6.02. The molecule has 3 atom stereocenters. The van der Waals surface area contributed by atoms with Crippen molar-refractivity contribution in [3.63, 3.8) is 0 Å². The van der Waals surface area contributed by atoms with Crippen LogP contribution in [0.25, 0.3) is 0 Å². The molecule has 0 spiro atoms. The fraction of sp³-hybridized carbons (Fsp3) is 1.00. The van der Waals surface area contributed by atoms with Gasteiger partial charge in [0.05, 0.1) is 0 Å². The molecule has 2 rings (SSSR count). The molecule has 1 heterocycles. The Hall–Kier alpha value is 0.500. The molecule has 0 aromatic carbocycles. The maximum Gasteiger partial charge on any atom is 0.0120 e. The highest BCUT2D eigenvalue weighted by Gasteiger charge is 2.38. The summed E-state index contributed by atoms with van der Waals surface area (Å²) in [6.07, 6.45) is 2.74. The zero-order chi connectivity index (χ0) is 7.14. The van der Waals surface area contributed by atoms with E-state index in [0.29, 0.717) is 6.04 Å². The summed E-state index contributed by atoms with van der Waals surface area (Å²) < 4.78 is 0. The molecular formula is C8H18Cl2N2. The maximum absolute atomic E-state index is 6.02.